The molecule has 2 N–H and O–H groups in total. The Morgan fingerprint density at radius 1 is 1.15 bits per heavy atom. The first-order valence-corrected chi connectivity index (χ1v) is 7.97. The third-order valence-corrected chi connectivity index (χ3v) is 4.32. The Morgan fingerprint density at radius 3 is 2.15 bits per heavy atom. The monoisotopic (exact) mass is 284 g/mol. The first kappa shape index (κ1) is 17.3. The third-order valence-electron chi connectivity index (χ3n) is 4.32. The van der Waals surface area contributed by atoms with Gasteiger partial charge in [-0.25, -0.2) is 4.79 Å². The Labute approximate surface area is 124 Å². The summed E-state index contributed by atoms with van der Waals surface area (Å²) in [5.41, 5.74) is 4.89. The van der Waals surface area contributed by atoms with E-state index in [1.54, 1.807) is 0 Å². The molecule has 20 heavy (non-hydrogen) atoms. The van der Waals surface area contributed by atoms with Crippen molar-refractivity contribution in [2.24, 2.45) is 11.7 Å². The third kappa shape index (κ3) is 4.65. The van der Waals surface area contributed by atoms with Crippen LogP contribution in [0.1, 0.15) is 79.6 Å². The van der Waals surface area contributed by atoms with E-state index in [-0.39, 0.29) is 11.1 Å². The lowest BCUT2D eigenvalue weighted by atomic mass is 9.73. The minimum absolute atomic E-state index is 0.161. The molecule has 0 aromatic carbocycles. The fourth-order valence-electron chi connectivity index (χ4n) is 3.87. The molecule has 0 atom stereocenters. The number of nitrogens with two attached hydrogens (primary N) is 1. The van der Waals surface area contributed by atoms with E-state index in [0.717, 1.165) is 12.8 Å². The summed E-state index contributed by atoms with van der Waals surface area (Å²) in [4.78, 5) is 16.4. The predicted octanol–water partition coefficient (Wildman–Crippen LogP) is 4.24. The number of hydroxylamine groups is 2. The number of carbonyl (C=O) groups is 1. The topological polar surface area (TPSA) is 55.6 Å². The standard InChI is InChI=1S/C16H32N2O2/c1-6-7-8-9-10-13-11-15(2,3)18(20-14(17)19)16(4,5)12-13/h13H,6-12H2,1-5H3,(H2,17,19). The number of nitrogens with zero attached hydrogens (tertiary/aromatic N) is 1. The first-order valence-electron chi connectivity index (χ1n) is 7.97. The van der Waals surface area contributed by atoms with Crippen LogP contribution < -0.4 is 5.73 Å². The van der Waals surface area contributed by atoms with E-state index >= 15 is 0 Å². The van der Waals surface area contributed by atoms with E-state index in [2.05, 4.69) is 34.6 Å². The molecule has 0 aromatic rings. The summed E-state index contributed by atoms with van der Waals surface area (Å²) in [5, 5.41) is 1.81. The lowest BCUT2D eigenvalue weighted by Gasteiger charge is -2.52. The molecule has 0 radical (unpaired) electrons. The molecule has 118 valence electrons. The van der Waals surface area contributed by atoms with Crippen molar-refractivity contribution < 1.29 is 9.63 Å². The Bertz CT molecular complexity index is 308. The van der Waals surface area contributed by atoms with Gasteiger partial charge in [-0.3, -0.25) is 0 Å². The number of primary amides is 1. The van der Waals surface area contributed by atoms with E-state index in [1.807, 2.05) is 5.06 Å². The van der Waals surface area contributed by atoms with Gasteiger partial charge >= 0.3 is 6.09 Å². The van der Waals surface area contributed by atoms with E-state index in [0.29, 0.717) is 5.92 Å². The quantitative estimate of drug-likeness (QED) is 0.742. The van der Waals surface area contributed by atoms with E-state index < -0.39 is 6.09 Å². The molecule has 1 heterocycles. The Balaban J connectivity index is 2.64. The van der Waals surface area contributed by atoms with Crippen molar-refractivity contribution in [3.63, 3.8) is 0 Å². The lowest BCUT2D eigenvalue weighted by molar-refractivity contribution is -0.246. The average molecular weight is 284 g/mol. The first-order chi connectivity index (χ1) is 9.19. The average Bonchev–Trinajstić information content (AvgIpc) is 2.28. The second kappa shape index (κ2) is 6.79. The Hall–Kier alpha value is -0.770. The van der Waals surface area contributed by atoms with Crippen LogP contribution in [-0.2, 0) is 4.84 Å². The summed E-state index contributed by atoms with van der Waals surface area (Å²) in [6, 6.07) is 0. The zero-order valence-electron chi connectivity index (χ0n) is 13.9. The van der Waals surface area contributed by atoms with Crippen LogP contribution in [0, 0.1) is 5.92 Å². The highest BCUT2D eigenvalue weighted by Crippen LogP contribution is 2.43. The minimum atomic E-state index is -0.715. The lowest BCUT2D eigenvalue weighted by Crippen LogP contribution is -2.61. The Kier molecular flexibility index (Phi) is 5.87. The zero-order valence-corrected chi connectivity index (χ0v) is 13.9. The van der Waals surface area contributed by atoms with Gasteiger partial charge < -0.3 is 10.6 Å². The van der Waals surface area contributed by atoms with Gasteiger partial charge in [0.2, 0.25) is 0 Å². The maximum atomic E-state index is 11.1. The molecule has 0 aliphatic carbocycles. The van der Waals surface area contributed by atoms with Gasteiger partial charge in [0.25, 0.3) is 0 Å². The largest absolute Gasteiger partial charge is 0.423 e. The van der Waals surface area contributed by atoms with Crippen molar-refractivity contribution in [1.82, 2.24) is 5.06 Å². The van der Waals surface area contributed by atoms with Crippen LogP contribution in [0.4, 0.5) is 4.79 Å². The predicted molar refractivity (Wildman–Crippen MR) is 82.1 cm³/mol. The smallest absolute Gasteiger partial charge is 0.350 e. The molecule has 0 unspecified atom stereocenters. The summed E-state index contributed by atoms with van der Waals surface area (Å²) in [6.45, 7) is 10.8. The second-order valence-corrected chi connectivity index (χ2v) is 7.45. The van der Waals surface area contributed by atoms with Crippen molar-refractivity contribution in [1.29, 1.82) is 0 Å². The molecular formula is C16H32N2O2. The number of unbranched alkanes of at least 4 members (excludes halogenated alkanes) is 3. The number of hydrogen-bond acceptors (Lipinski definition) is 3. The van der Waals surface area contributed by atoms with Crippen LogP contribution in [0.15, 0.2) is 0 Å². The van der Waals surface area contributed by atoms with Crippen LogP contribution in [0.5, 0.6) is 0 Å². The highest BCUT2D eigenvalue weighted by Gasteiger charge is 2.47. The van der Waals surface area contributed by atoms with Crippen molar-refractivity contribution in [3.05, 3.63) is 0 Å². The molecule has 1 aliphatic rings. The number of carbonyl (C=O) groups excluding carboxylic acids is 1. The minimum Gasteiger partial charge on any atom is -0.350 e. The molecule has 0 aromatic heterocycles. The van der Waals surface area contributed by atoms with Gasteiger partial charge in [-0.05, 0) is 46.5 Å². The van der Waals surface area contributed by atoms with E-state index in [9.17, 15) is 4.79 Å². The summed E-state index contributed by atoms with van der Waals surface area (Å²) in [5.74, 6) is 0.699. The van der Waals surface area contributed by atoms with Crippen LogP contribution in [-0.4, -0.2) is 22.2 Å². The fourth-order valence-corrected chi connectivity index (χ4v) is 3.87. The van der Waals surface area contributed by atoms with Crippen molar-refractivity contribution in [3.8, 4) is 0 Å². The highest BCUT2D eigenvalue weighted by molar-refractivity contribution is 5.64. The van der Waals surface area contributed by atoms with Gasteiger partial charge in [-0.1, -0.05) is 39.0 Å². The normalized spacial score (nSPS) is 22.6. The maximum absolute atomic E-state index is 11.1. The van der Waals surface area contributed by atoms with Crippen LogP contribution in [0.2, 0.25) is 0 Å². The molecule has 1 saturated heterocycles. The zero-order chi connectivity index (χ0) is 15.4. The van der Waals surface area contributed by atoms with Gasteiger partial charge in [-0.15, -0.1) is 5.06 Å². The number of amides is 1. The summed E-state index contributed by atoms with van der Waals surface area (Å²) >= 11 is 0. The van der Waals surface area contributed by atoms with Gasteiger partial charge in [0.15, 0.2) is 0 Å². The number of piperidine rings is 1. The van der Waals surface area contributed by atoms with Gasteiger partial charge in [0.1, 0.15) is 0 Å². The SMILES string of the molecule is CCCCCCC1CC(C)(C)N(OC(N)=O)C(C)(C)C1. The maximum Gasteiger partial charge on any atom is 0.423 e. The summed E-state index contributed by atoms with van der Waals surface area (Å²) < 4.78 is 0. The van der Waals surface area contributed by atoms with Crippen molar-refractivity contribution >= 4 is 6.09 Å². The number of hydrogen-bond donors (Lipinski definition) is 1. The fraction of sp³-hybridized carbons (Fsp3) is 0.938. The molecular weight excluding hydrogens is 252 g/mol. The molecule has 0 bridgehead atoms. The molecule has 4 nitrogen and oxygen atoms in total. The molecule has 1 rings (SSSR count). The van der Waals surface area contributed by atoms with Crippen LogP contribution >= 0.6 is 0 Å². The molecule has 1 aliphatic heterocycles. The van der Waals surface area contributed by atoms with E-state index in [1.165, 1.54) is 32.1 Å². The van der Waals surface area contributed by atoms with Gasteiger partial charge in [0.05, 0.1) is 11.1 Å². The van der Waals surface area contributed by atoms with Crippen LogP contribution in [0.3, 0.4) is 0 Å². The highest BCUT2D eigenvalue weighted by atomic mass is 16.7. The molecule has 1 amide bonds. The second-order valence-electron chi connectivity index (χ2n) is 7.45. The molecule has 4 heteroatoms. The number of rotatable bonds is 6. The summed E-state index contributed by atoms with van der Waals surface area (Å²) in [6.07, 6.45) is 7.91. The van der Waals surface area contributed by atoms with Gasteiger partial charge in [0, 0.05) is 0 Å². The molecule has 1 fully saturated rings. The van der Waals surface area contributed by atoms with Crippen molar-refractivity contribution in [2.45, 2.75) is 90.6 Å². The van der Waals surface area contributed by atoms with Crippen LogP contribution in [0.25, 0.3) is 0 Å². The van der Waals surface area contributed by atoms with Gasteiger partial charge in [-0.2, -0.15) is 0 Å². The van der Waals surface area contributed by atoms with E-state index in [4.69, 9.17) is 10.6 Å². The summed E-state index contributed by atoms with van der Waals surface area (Å²) in [7, 11) is 0. The molecule has 0 saturated carbocycles. The Morgan fingerprint density at radius 2 is 1.70 bits per heavy atom. The molecule has 0 spiro atoms. The van der Waals surface area contributed by atoms with Crippen molar-refractivity contribution in [2.75, 3.05) is 0 Å².